The Morgan fingerprint density at radius 2 is 1.75 bits per heavy atom. The zero-order valence-corrected chi connectivity index (χ0v) is 11.3. The Labute approximate surface area is 101 Å². The quantitative estimate of drug-likeness (QED) is 0.323. The molecule has 0 aromatic heterocycles. The van der Waals surface area contributed by atoms with Crippen molar-refractivity contribution in [1.29, 1.82) is 0 Å². The predicted molar refractivity (Wildman–Crippen MR) is 49.4 cm³/mol. The fourth-order valence-electron chi connectivity index (χ4n) is 0.996. The van der Waals surface area contributed by atoms with Crippen molar-refractivity contribution in [3.63, 3.8) is 0 Å². The average Bonchev–Trinajstić information content (AvgIpc) is 2.03. The van der Waals surface area contributed by atoms with E-state index in [0.717, 1.165) is 6.42 Å². The van der Waals surface area contributed by atoms with Crippen molar-refractivity contribution < 1.29 is 40.1 Å². The van der Waals surface area contributed by atoms with Gasteiger partial charge in [0.2, 0.25) is 0 Å². The fraction of sp³-hybridized carbons (Fsp3) is 1.00. The van der Waals surface area contributed by atoms with Crippen molar-refractivity contribution in [3.8, 4) is 0 Å². The van der Waals surface area contributed by atoms with Gasteiger partial charge in [0.05, 0.1) is 0 Å². The van der Waals surface area contributed by atoms with E-state index in [-0.39, 0.29) is 31.0 Å². The molecule has 2 nitrogen and oxygen atoms in total. The van der Waals surface area contributed by atoms with E-state index in [1.54, 1.807) is 0 Å². The predicted octanol–water partition coefficient (Wildman–Crippen LogP) is 0.419. The second-order valence-electron chi connectivity index (χ2n) is 2.70. The molecule has 68 valence electrons. The summed E-state index contributed by atoms with van der Waals surface area (Å²) < 4.78 is 14.6. The molecule has 4 heteroatoms. The summed E-state index contributed by atoms with van der Waals surface area (Å²) in [7, 11) is -0.580. The molecule has 0 spiro atoms. The molecule has 0 aromatic rings. The molecule has 0 aliphatic heterocycles. The van der Waals surface area contributed by atoms with E-state index in [2.05, 4.69) is 6.92 Å². The molecule has 0 rings (SSSR count). The minimum absolute atomic E-state index is 0. The molecule has 0 aromatic carbocycles. The SMILES string of the molecule is CCCCCCCCO[PH+]=O.[H-].[Na+]. The third-order valence-electron chi connectivity index (χ3n) is 1.66. The van der Waals surface area contributed by atoms with E-state index >= 15 is 0 Å². The van der Waals surface area contributed by atoms with E-state index in [0.29, 0.717) is 6.61 Å². The topological polar surface area (TPSA) is 26.3 Å². The molecule has 0 amide bonds. The second-order valence-corrected chi connectivity index (χ2v) is 3.15. The Morgan fingerprint density at radius 3 is 2.33 bits per heavy atom. The molecule has 0 radical (unpaired) electrons. The maximum atomic E-state index is 9.87. The van der Waals surface area contributed by atoms with Crippen molar-refractivity contribution in [2.45, 2.75) is 45.4 Å². The number of unbranched alkanes of at least 4 members (excludes halogenated alkanes) is 5. The van der Waals surface area contributed by atoms with E-state index in [9.17, 15) is 4.57 Å². The Hall–Kier alpha value is 1.06. The number of rotatable bonds is 8. The molecule has 12 heavy (non-hydrogen) atoms. The third kappa shape index (κ3) is 13.6. The van der Waals surface area contributed by atoms with Gasteiger partial charge in [-0.1, -0.05) is 39.0 Å². The minimum atomic E-state index is -0.580. The van der Waals surface area contributed by atoms with Crippen LogP contribution < -0.4 is 29.6 Å². The van der Waals surface area contributed by atoms with Gasteiger partial charge >= 0.3 is 38.2 Å². The van der Waals surface area contributed by atoms with Gasteiger partial charge in [-0.25, -0.2) is 0 Å². The van der Waals surface area contributed by atoms with E-state index in [1.807, 2.05) is 0 Å². The first-order valence-corrected chi connectivity index (χ1v) is 5.22. The fourth-order valence-corrected chi connectivity index (χ4v) is 1.22. The van der Waals surface area contributed by atoms with Gasteiger partial charge in [-0.05, 0) is 11.0 Å². The van der Waals surface area contributed by atoms with Crippen LogP contribution in [0.25, 0.3) is 0 Å². The average molecular weight is 201 g/mol. The van der Waals surface area contributed by atoms with Crippen molar-refractivity contribution in [2.24, 2.45) is 0 Å². The Morgan fingerprint density at radius 1 is 1.17 bits per heavy atom. The van der Waals surface area contributed by atoms with Crippen LogP contribution in [0.4, 0.5) is 0 Å². The van der Waals surface area contributed by atoms with Crippen LogP contribution in [0.15, 0.2) is 0 Å². The molecule has 1 atom stereocenters. The maximum Gasteiger partial charge on any atom is 1.00 e. The summed E-state index contributed by atoms with van der Waals surface area (Å²) in [5.74, 6) is 0. The van der Waals surface area contributed by atoms with Gasteiger partial charge in [0, 0.05) is 0 Å². The van der Waals surface area contributed by atoms with Crippen LogP contribution in [-0.2, 0) is 9.09 Å². The first kappa shape index (κ1) is 15.5. The van der Waals surface area contributed by atoms with Crippen LogP contribution >= 0.6 is 8.69 Å². The summed E-state index contributed by atoms with van der Waals surface area (Å²) in [4.78, 5) is 0. The van der Waals surface area contributed by atoms with Crippen LogP contribution in [0.2, 0.25) is 0 Å². The van der Waals surface area contributed by atoms with Gasteiger partial charge in [0.15, 0.2) is 0 Å². The van der Waals surface area contributed by atoms with Gasteiger partial charge in [-0.15, -0.1) is 4.52 Å². The molecule has 0 bridgehead atoms. The molecular weight excluding hydrogens is 182 g/mol. The summed E-state index contributed by atoms with van der Waals surface area (Å²) in [5, 5.41) is 0. The largest absolute Gasteiger partial charge is 1.00 e. The normalized spacial score (nSPS) is 9.75. The van der Waals surface area contributed by atoms with Crippen molar-refractivity contribution in [1.82, 2.24) is 0 Å². The minimum Gasteiger partial charge on any atom is -1.00 e. The van der Waals surface area contributed by atoms with Crippen LogP contribution in [0.1, 0.15) is 46.9 Å². The number of hydrogen-bond donors (Lipinski definition) is 0. The first-order chi connectivity index (χ1) is 5.41. The molecule has 1 unspecified atom stereocenters. The first-order valence-electron chi connectivity index (χ1n) is 4.40. The molecule has 0 saturated heterocycles. The molecular formula is C8H19NaO2P+. The second kappa shape index (κ2) is 14.6. The van der Waals surface area contributed by atoms with Crippen LogP contribution in [0.5, 0.6) is 0 Å². The zero-order chi connectivity index (χ0) is 8.36. The van der Waals surface area contributed by atoms with Crippen molar-refractivity contribution >= 4 is 8.69 Å². The smallest absolute Gasteiger partial charge is 1.00 e. The molecule has 0 saturated carbocycles. The maximum absolute atomic E-state index is 9.87. The summed E-state index contributed by atoms with van der Waals surface area (Å²) in [6.45, 7) is 2.87. The Bertz CT molecular complexity index is 96.2. The summed E-state index contributed by atoms with van der Waals surface area (Å²) in [6, 6.07) is 0. The Kier molecular flexibility index (Phi) is 18.9. The molecule has 0 fully saturated rings. The van der Waals surface area contributed by atoms with Gasteiger partial charge in [-0.2, -0.15) is 0 Å². The van der Waals surface area contributed by atoms with Gasteiger partial charge in [0.25, 0.3) is 0 Å². The molecule has 0 heterocycles. The van der Waals surface area contributed by atoms with Gasteiger partial charge < -0.3 is 1.43 Å². The van der Waals surface area contributed by atoms with E-state index < -0.39 is 8.69 Å². The van der Waals surface area contributed by atoms with Crippen molar-refractivity contribution in [3.05, 3.63) is 0 Å². The van der Waals surface area contributed by atoms with Crippen LogP contribution in [-0.4, -0.2) is 6.61 Å². The molecule has 0 N–H and O–H groups in total. The summed E-state index contributed by atoms with van der Waals surface area (Å²) >= 11 is 0. The summed E-state index contributed by atoms with van der Waals surface area (Å²) in [6.07, 6.45) is 7.52. The standard InChI is InChI=1S/C8H18O2P.Na.H/c1-2-3-4-5-6-7-8-10-11-9;;/h11H,2-8H2,1H3;;/q2*+1;-1. The van der Waals surface area contributed by atoms with E-state index in [4.69, 9.17) is 4.52 Å². The summed E-state index contributed by atoms with van der Waals surface area (Å²) in [5.41, 5.74) is 0. The van der Waals surface area contributed by atoms with Gasteiger partial charge in [0.1, 0.15) is 6.61 Å². The molecule has 0 aliphatic carbocycles. The van der Waals surface area contributed by atoms with Crippen LogP contribution in [0, 0.1) is 0 Å². The van der Waals surface area contributed by atoms with Crippen molar-refractivity contribution in [2.75, 3.05) is 6.61 Å². The monoisotopic (exact) mass is 201 g/mol. The molecule has 0 aliphatic rings. The van der Waals surface area contributed by atoms with E-state index in [1.165, 1.54) is 32.1 Å². The zero-order valence-electron chi connectivity index (χ0n) is 9.27. The number of hydrogen-bond acceptors (Lipinski definition) is 2. The van der Waals surface area contributed by atoms with Crippen LogP contribution in [0.3, 0.4) is 0 Å². The Balaban J connectivity index is -0.000000500. The van der Waals surface area contributed by atoms with Gasteiger partial charge in [-0.3, -0.25) is 0 Å². The third-order valence-corrected chi connectivity index (χ3v) is 1.98.